The third kappa shape index (κ3) is 1.17. The van der Waals surface area contributed by atoms with Crippen molar-refractivity contribution in [2.24, 2.45) is 5.41 Å². The summed E-state index contributed by atoms with van der Waals surface area (Å²) in [5.74, 6) is 1.23. The van der Waals surface area contributed by atoms with Crippen LogP contribution < -0.4 is 11.1 Å². The summed E-state index contributed by atoms with van der Waals surface area (Å²) in [5, 5.41) is 7.55. The van der Waals surface area contributed by atoms with Gasteiger partial charge in [0.2, 0.25) is 0 Å². The summed E-state index contributed by atoms with van der Waals surface area (Å²) in [5.41, 5.74) is 8.85. The lowest BCUT2D eigenvalue weighted by molar-refractivity contribution is 0.0368. The molecule has 17 heavy (non-hydrogen) atoms. The fraction of sp³-hybridized carbons (Fsp3) is 0.500. The van der Waals surface area contributed by atoms with E-state index >= 15 is 0 Å². The summed E-state index contributed by atoms with van der Waals surface area (Å²) in [6.07, 6.45) is 6.03. The average molecular weight is 229 g/mol. The number of rotatable bonds is 1. The first-order valence-corrected chi connectivity index (χ1v) is 6.06. The standard InChI is InChI=1S/C12H15N5/c13-11-10-9(1-2-17(10)16-7-15-11)8-3-12(4-8)5-14-6-12/h1-2,7-8,14H,3-6H2,(H2,13,15,16). The van der Waals surface area contributed by atoms with E-state index in [2.05, 4.69) is 21.5 Å². The number of nitrogens with zero attached hydrogens (tertiary/aromatic N) is 3. The van der Waals surface area contributed by atoms with E-state index in [1.807, 2.05) is 10.7 Å². The van der Waals surface area contributed by atoms with Crippen molar-refractivity contribution in [3.8, 4) is 0 Å². The number of nitrogens with one attached hydrogen (secondary N) is 1. The molecule has 2 aromatic rings. The Hall–Kier alpha value is -1.62. The lowest BCUT2D eigenvalue weighted by Crippen LogP contribution is -2.59. The first kappa shape index (κ1) is 9.41. The highest BCUT2D eigenvalue weighted by atomic mass is 15.2. The number of hydrogen-bond donors (Lipinski definition) is 2. The largest absolute Gasteiger partial charge is 0.382 e. The smallest absolute Gasteiger partial charge is 0.151 e. The van der Waals surface area contributed by atoms with E-state index in [4.69, 9.17) is 5.73 Å². The van der Waals surface area contributed by atoms with Crippen LogP contribution in [-0.2, 0) is 0 Å². The fourth-order valence-electron chi connectivity index (χ4n) is 3.31. The summed E-state index contributed by atoms with van der Waals surface area (Å²) in [4.78, 5) is 4.08. The predicted octanol–water partition coefficient (Wildman–Crippen LogP) is 0.778. The van der Waals surface area contributed by atoms with Gasteiger partial charge in [-0.1, -0.05) is 0 Å². The second-order valence-electron chi connectivity index (χ2n) is 5.42. The zero-order valence-electron chi connectivity index (χ0n) is 9.56. The maximum Gasteiger partial charge on any atom is 0.151 e. The van der Waals surface area contributed by atoms with Crippen molar-refractivity contribution in [3.63, 3.8) is 0 Å². The molecule has 0 aromatic carbocycles. The summed E-state index contributed by atoms with van der Waals surface area (Å²) >= 11 is 0. The molecule has 2 aromatic heterocycles. The molecular weight excluding hydrogens is 214 g/mol. The van der Waals surface area contributed by atoms with Crippen LogP contribution in [0.4, 0.5) is 5.82 Å². The van der Waals surface area contributed by atoms with Gasteiger partial charge in [0.05, 0.1) is 0 Å². The molecule has 0 atom stereocenters. The molecule has 4 rings (SSSR count). The Morgan fingerprint density at radius 1 is 1.41 bits per heavy atom. The highest BCUT2D eigenvalue weighted by Gasteiger charge is 2.49. The highest BCUT2D eigenvalue weighted by Crippen LogP contribution is 2.54. The minimum absolute atomic E-state index is 0.587. The van der Waals surface area contributed by atoms with Gasteiger partial charge in [-0.2, -0.15) is 5.10 Å². The van der Waals surface area contributed by atoms with E-state index in [9.17, 15) is 0 Å². The predicted molar refractivity (Wildman–Crippen MR) is 64.7 cm³/mol. The molecule has 2 aliphatic rings. The van der Waals surface area contributed by atoms with Crippen molar-refractivity contribution >= 4 is 11.3 Å². The second-order valence-corrected chi connectivity index (χ2v) is 5.42. The lowest BCUT2D eigenvalue weighted by atomic mass is 9.57. The number of nitrogen functional groups attached to an aromatic ring is 1. The number of fused-ring (bicyclic) bond motifs is 1. The maximum absolute atomic E-state index is 5.95. The summed E-state index contributed by atoms with van der Waals surface area (Å²) < 4.78 is 1.84. The molecule has 1 spiro atoms. The molecule has 1 saturated carbocycles. The minimum atomic E-state index is 0.587. The Bertz CT molecular complexity index is 576. The van der Waals surface area contributed by atoms with Crippen molar-refractivity contribution in [1.29, 1.82) is 0 Å². The molecule has 3 heterocycles. The number of aromatic nitrogens is 3. The molecule has 0 amide bonds. The van der Waals surface area contributed by atoms with E-state index in [1.54, 1.807) is 0 Å². The van der Waals surface area contributed by atoms with Crippen molar-refractivity contribution in [2.75, 3.05) is 18.8 Å². The normalized spacial score (nSPS) is 22.6. The van der Waals surface area contributed by atoms with E-state index < -0.39 is 0 Å². The van der Waals surface area contributed by atoms with Crippen molar-refractivity contribution in [3.05, 3.63) is 24.2 Å². The third-order valence-electron chi connectivity index (χ3n) is 4.31. The third-order valence-corrected chi connectivity index (χ3v) is 4.31. The van der Waals surface area contributed by atoms with Gasteiger partial charge >= 0.3 is 0 Å². The SMILES string of the molecule is Nc1ncnn2ccc(C3CC4(CNC4)C3)c12. The summed E-state index contributed by atoms with van der Waals surface area (Å²) in [6, 6.07) is 2.14. The van der Waals surface area contributed by atoms with Crippen LogP contribution in [0.25, 0.3) is 5.52 Å². The first-order valence-electron chi connectivity index (χ1n) is 6.06. The molecule has 0 unspecified atom stereocenters. The molecule has 1 aliphatic carbocycles. The van der Waals surface area contributed by atoms with E-state index in [1.165, 1.54) is 37.8 Å². The summed E-state index contributed by atoms with van der Waals surface area (Å²) in [7, 11) is 0. The lowest BCUT2D eigenvalue weighted by Gasteiger charge is -2.54. The van der Waals surface area contributed by atoms with Crippen LogP contribution >= 0.6 is 0 Å². The van der Waals surface area contributed by atoms with E-state index in [0.717, 1.165) is 5.52 Å². The highest BCUT2D eigenvalue weighted by molar-refractivity contribution is 5.71. The molecule has 1 aliphatic heterocycles. The zero-order valence-corrected chi connectivity index (χ0v) is 9.56. The van der Waals surface area contributed by atoms with Crippen LogP contribution in [0.15, 0.2) is 18.6 Å². The monoisotopic (exact) mass is 229 g/mol. The maximum atomic E-state index is 5.95. The molecule has 3 N–H and O–H groups in total. The second kappa shape index (κ2) is 2.98. The van der Waals surface area contributed by atoms with Gasteiger partial charge in [0, 0.05) is 19.3 Å². The first-order chi connectivity index (χ1) is 8.27. The van der Waals surface area contributed by atoms with Gasteiger partial charge in [0.1, 0.15) is 11.8 Å². The molecular formula is C12H15N5. The molecule has 1 saturated heterocycles. The van der Waals surface area contributed by atoms with Crippen LogP contribution in [0.3, 0.4) is 0 Å². The van der Waals surface area contributed by atoms with Crippen LogP contribution in [0.1, 0.15) is 24.3 Å². The zero-order chi connectivity index (χ0) is 11.5. The van der Waals surface area contributed by atoms with Gasteiger partial charge in [-0.15, -0.1) is 0 Å². The van der Waals surface area contributed by atoms with Crippen molar-refractivity contribution in [2.45, 2.75) is 18.8 Å². The number of nitrogens with two attached hydrogens (primary N) is 1. The molecule has 0 bridgehead atoms. The topological polar surface area (TPSA) is 68.2 Å². The van der Waals surface area contributed by atoms with Gasteiger partial charge in [-0.3, -0.25) is 0 Å². The molecule has 88 valence electrons. The molecule has 5 nitrogen and oxygen atoms in total. The fourth-order valence-corrected chi connectivity index (χ4v) is 3.31. The quantitative estimate of drug-likeness (QED) is 0.758. The van der Waals surface area contributed by atoms with E-state index in [0.29, 0.717) is 17.2 Å². The Morgan fingerprint density at radius 2 is 2.24 bits per heavy atom. The number of hydrogen-bond acceptors (Lipinski definition) is 4. The minimum Gasteiger partial charge on any atom is -0.382 e. The molecule has 0 radical (unpaired) electrons. The Morgan fingerprint density at radius 3 is 2.94 bits per heavy atom. The van der Waals surface area contributed by atoms with E-state index in [-0.39, 0.29) is 0 Å². The molecule has 5 heteroatoms. The van der Waals surface area contributed by atoms with Gasteiger partial charge in [0.25, 0.3) is 0 Å². The van der Waals surface area contributed by atoms with Gasteiger partial charge < -0.3 is 11.1 Å². The van der Waals surface area contributed by atoms with Gasteiger partial charge in [-0.25, -0.2) is 9.50 Å². The van der Waals surface area contributed by atoms with Gasteiger partial charge in [-0.05, 0) is 35.8 Å². The van der Waals surface area contributed by atoms with Crippen molar-refractivity contribution < 1.29 is 0 Å². The Balaban J connectivity index is 1.72. The Kier molecular flexibility index (Phi) is 1.65. The van der Waals surface area contributed by atoms with Crippen LogP contribution in [0.5, 0.6) is 0 Å². The summed E-state index contributed by atoms with van der Waals surface area (Å²) in [6.45, 7) is 2.36. The Labute approximate surface area is 99.0 Å². The van der Waals surface area contributed by atoms with Crippen LogP contribution in [-0.4, -0.2) is 27.7 Å². The van der Waals surface area contributed by atoms with Crippen LogP contribution in [0.2, 0.25) is 0 Å². The van der Waals surface area contributed by atoms with Crippen LogP contribution in [0, 0.1) is 5.41 Å². The van der Waals surface area contributed by atoms with Crippen molar-refractivity contribution in [1.82, 2.24) is 19.9 Å². The van der Waals surface area contributed by atoms with Gasteiger partial charge in [0.15, 0.2) is 5.82 Å². The molecule has 2 fully saturated rings. The average Bonchev–Trinajstić information content (AvgIpc) is 2.59. The number of anilines is 1.